The number of nitrogen functional groups attached to an aromatic ring is 1. The molecule has 1 aromatic carbocycles. The van der Waals surface area contributed by atoms with Gasteiger partial charge in [0, 0.05) is 6.20 Å². The van der Waals surface area contributed by atoms with Gasteiger partial charge < -0.3 is 30.3 Å². The third-order valence-corrected chi connectivity index (χ3v) is 7.00. The fraction of sp³-hybridized carbons (Fsp3) is 0.400. The number of carboxylic acids is 1. The molecule has 0 aliphatic carbocycles. The predicted octanol–water partition coefficient (Wildman–Crippen LogP) is -0.221. The highest BCUT2D eigenvalue weighted by Crippen LogP contribution is 2.48. The lowest BCUT2D eigenvalue weighted by molar-refractivity contribution is -0.151. The van der Waals surface area contributed by atoms with E-state index in [9.17, 15) is 34.7 Å². The summed E-state index contributed by atoms with van der Waals surface area (Å²) in [6, 6.07) is 9.27. The largest absolute Gasteiger partial charge is 0.480 e. The molecule has 6 N–H and O–H groups in total. The van der Waals surface area contributed by atoms with Gasteiger partial charge in [0.25, 0.3) is 5.72 Å². The molecule has 1 saturated heterocycles. The van der Waals surface area contributed by atoms with E-state index in [1.165, 1.54) is 25.1 Å². The number of nitriles is 1. The minimum atomic E-state index is -4.39. The van der Waals surface area contributed by atoms with Crippen molar-refractivity contribution in [2.75, 3.05) is 12.3 Å². The maximum atomic E-state index is 13.4. The van der Waals surface area contributed by atoms with Gasteiger partial charge in [-0.2, -0.15) is 15.3 Å². The summed E-state index contributed by atoms with van der Waals surface area (Å²) in [5, 5.41) is 43.1. The number of carbonyl (C=O) groups is 1. The minimum Gasteiger partial charge on any atom is -0.480 e. The number of ether oxygens (including phenoxy) is 1. The zero-order valence-electron chi connectivity index (χ0n) is 18.6. The van der Waals surface area contributed by atoms with Crippen LogP contribution in [0.5, 0.6) is 5.75 Å². The molecular formula is C20H24N5O9P. The van der Waals surface area contributed by atoms with E-state index in [-0.39, 0.29) is 11.6 Å². The van der Waals surface area contributed by atoms with Gasteiger partial charge in [-0.1, -0.05) is 18.2 Å². The first kappa shape index (κ1) is 26.3. The smallest absolute Gasteiger partial charge is 0.459 e. The summed E-state index contributed by atoms with van der Waals surface area (Å²) in [6.45, 7) is 1.54. The maximum absolute atomic E-state index is 13.4. The molecule has 15 heteroatoms. The van der Waals surface area contributed by atoms with E-state index in [1.807, 2.05) is 0 Å². The van der Waals surface area contributed by atoms with Crippen LogP contribution in [0.4, 0.5) is 5.82 Å². The SMILES string of the molecule is C[C@H](NP(=O)(OC[C@H]1O[C@](C#N)(n2ccc(N)nc2=O)[C@](C)(O)[C@@H]1O)Oc1ccccc1)C(=O)O. The van der Waals surface area contributed by atoms with Gasteiger partial charge >= 0.3 is 19.4 Å². The number of hydrogen-bond donors (Lipinski definition) is 5. The van der Waals surface area contributed by atoms with Crippen LogP contribution in [0.25, 0.3) is 0 Å². The first-order valence-corrected chi connectivity index (χ1v) is 11.7. The molecule has 2 aromatic rings. The summed E-state index contributed by atoms with van der Waals surface area (Å²) in [7, 11) is -4.39. The van der Waals surface area contributed by atoms with Crippen molar-refractivity contribution in [1.82, 2.24) is 14.6 Å². The van der Waals surface area contributed by atoms with Gasteiger partial charge in [0.05, 0.1) is 6.61 Å². The van der Waals surface area contributed by atoms with Crippen molar-refractivity contribution in [2.24, 2.45) is 0 Å². The fourth-order valence-corrected chi connectivity index (χ4v) is 4.92. The first-order valence-electron chi connectivity index (χ1n) is 10.2. The number of aliphatic carboxylic acids is 1. The van der Waals surface area contributed by atoms with Gasteiger partial charge in [-0.3, -0.25) is 13.9 Å². The molecule has 2 heterocycles. The Morgan fingerprint density at radius 1 is 1.43 bits per heavy atom. The molecule has 1 aliphatic heterocycles. The monoisotopic (exact) mass is 509 g/mol. The van der Waals surface area contributed by atoms with Gasteiger partial charge in [0.1, 0.15) is 35.9 Å². The van der Waals surface area contributed by atoms with Crippen LogP contribution in [0.15, 0.2) is 47.4 Å². The fourth-order valence-electron chi connectivity index (χ4n) is 3.41. The van der Waals surface area contributed by atoms with Crippen molar-refractivity contribution < 1.29 is 38.5 Å². The number of aliphatic hydroxyl groups excluding tert-OH is 1. The standard InChI is InChI=1S/C20H24N5O9P/c1-12(17(27)28)24-35(31,34-13-6-4-3-5-7-13)32-10-14-16(26)19(2,30)20(11-21,33-14)25-9-8-15(22)23-18(25)29/h3-9,12,14,16,26,30H,10H2,1-2H3,(H,24,31)(H,27,28)(H2,22,23,29)/t12-,14+,16+,19+,20-,35?/m0/s1. The summed E-state index contributed by atoms with van der Waals surface area (Å²) in [5.74, 6) is -1.40. The average Bonchev–Trinajstić information content (AvgIpc) is 2.99. The number of benzene rings is 1. The lowest BCUT2D eigenvalue weighted by Gasteiger charge is -2.34. The van der Waals surface area contributed by atoms with Gasteiger partial charge in [-0.25, -0.2) is 9.36 Å². The van der Waals surface area contributed by atoms with Gasteiger partial charge in [-0.15, -0.1) is 0 Å². The summed E-state index contributed by atoms with van der Waals surface area (Å²) < 4.78 is 30.4. The zero-order chi connectivity index (χ0) is 26.0. The number of nitrogens with two attached hydrogens (primary N) is 1. The minimum absolute atomic E-state index is 0.0895. The molecule has 14 nitrogen and oxygen atoms in total. The van der Waals surface area contributed by atoms with E-state index in [0.717, 1.165) is 13.1 Å². The molecule has 1 aliphatic rings. The summed E-state index contributed by atoms with van der Waals surface area (Å²) in [4.78, 5) is 27.2. The van der Waals surface area contributed by atoms with Crippen molar-refractivity contribution in [3.8, 4) is 11.8 Å². The van der Waals surface area contributed by atoms with E-state index in [1.54, 1.807) is 24.3 Å². The molecule has 0 saturated carbocycles. The summed E-state index contributed by atoms with van der Waals surface area (Å²) >= 11 is 0. The first-order chi connectivity index (χ1) is 16.3. The van der Waals surface area contributed by atoms with Crippen molar-refractivity contribution in [3.05, 3.63) is 53.1 Å². The van der Waals surface area contributed by atoms with E-state index < -0.39 is 55.6 Å². The van der Waals surface area contributed by atoms with Crippen molar-refractivity contribution in [2.45, 2.75) is 43.4 Å². The second-order valence-electron chi connectivity index (χ2n) is 7.90. The molecule has 35 heavy (non-hydrogen) atoms. The van der Waals surface area contributed by atoms with Crippen molar-refractivity contribution >= 4 is 19.5 Å². The van der Waals surface area contributed by atoms with Gasteiger partial charge in [-0.05, 0) is 32.0 Å². The molecule has 6 atom stereocenters. The number of carboxylic acid groups (broad SMARTS) is 1. The normalized spacial score (nSPS) is 28.5. The highest BCUT2D eigenvalue weighted by atomic mass is 31.2. The van der Waals surface area contributed by atoms with Crippen LogP contribution >= 0.6 is 7.75 Å². The summed E-state index contributed by atoms with van der Waals surface area (Å²) in [5.41, 5.74) is -0.378. The Morgan fingerprint density at radius 3 is 2.66 bits per heavy atom. The van der Waals surface area contributed by atoms with Crippen LogP contribution in [-0.2, 0) is 24.3 Å². The second kappa shape index (κ2) is 9.74. The van der Waals surface area contributed by atoms with Gasteiger partial charge in [0.15, 0.2) is 5.60 Å². The molecule has 188 valence electrons. The Kier molecular flexibility index (Phi) is 7.32. The topological polar surface area (TPSA) is 219 Å². The van der Waals surface area contributed by atoms with E-state index in [4.69, 9.17) is 19.5 Å². The molecule has 0 amide bonds. The number of rotatable bonds is 9. The Labute approximate surface area is 199 Å². The Hall–Kier alpha value is -3.31. The lowest BCUT2D eigenvalue weighted by Crippen LogP contribution is -2.57. The molecule has 1 fully saturated rings. The number of nitrogens with one attached hydrogen (secondary N) is 1. The number of hydrogen-bond acceptors (Lipinski definition) is 11. The van der Waals surface area contributed by atoms with Crippen LogP contribution in [0.1, 0.15) is 13.8 Å². The molecule has 3 rings (SSSR count). The van der Waals surface area contributed by atoms with Crippen LogP contribution in [0.3, 0.4) is 0 Å². The van der Waals surface area contributed by atoms with Crippen LogP contribution in [0.2, 0.25) is 0 Å². The molecular weight excluding hydrogens is 485 g/mol. The highest BCUT2D eigenvalue weighted by Gasteiger charge is 2.65. The Bertz CT molecular complexity index is 1230. The van der Waals surface area contributed by atoms with Crippen LogP contribution in [0, 0.1) is 11.3 Å². The second-order valence-corrected chi connectivity index (χ2v) is 9.59. The van der Waals surface area contributed by atoms with Crippen LogP contribution in [-0.4, -0.2) is 61.3 Å². The van der Waals surface area contributed by atoms with Crippen molar-refractivity contribution in [3.63, 3.8) is 0 Å². The Balaban J connectivity index is 1.90. The predicted molar refractivity (Wildman–Crippen MR) is 119 cm³/mol. The van der Waals surface area contributed by atoms with Crippen molar-refractivity contribution in [1.29, 1.82) is 5.26 Å². The van der Waals surface area contributed by atoms with E-state index in [0.29, 0.717) is 4.57 Å². The Morgan fingerprint density at radius 2 is 2.09 bits per heavy atom. The number of anilines is 1. The number of para-hydroxylation sites is 1. The molecule has 1 unspecified atom stereocenters. The summed E-state index contributed by atoms with van der Waals surface area (Å²) in [6.07, 6.45) is -2.27. The molecule has 0 radical (unpaired) electrons. The third-order valence-electron chi connectivity index (χ3n) is 5.35. The zero-order valence-corrected chi connectivity index (χ0v) is 19.5. The average molecular weight is 509 g/mol. The molecule has 1 aromatic heterocycles. The van der Waals surface area contributed by atoms with E-state index in [2.05, 4.69) is 10.1 Å². The van der Waals surface area contributed by atoms with Gasteiger partial charge in [0.2, 0.25) is 0 Å². The van der Waals surface area contributed by atoms with Crippen LogP contribution < -0.4 is 21.0 Å². The molecule has 0 bridgehead atoms. The quantitative estimate of drug-likeness (QED) is 0.276. The highest BCUT2D eigenvalue weighted by molar-refractivity contribution is 7.52. The third kappa shape index (κ3) is 5.06. The van der Waals surface area contributed by atoms with E-state index >= 15 is 0 Å². The number of aromatic nitrogens is 2. The lowest BCUT2D eigenvalue weighted by atomic mass is 9.88. The molecule has 0 spiro atoms. The maximum Gasteiger partial charge on any atom is 0.459 e. The number of aliphatic hydroxyl groups is 2. The number of nitrogens with zero attached hydrogens (tertiary/aromatic N) is 3.